The van der Waals surface area contributed by atoms with Gasteiger partial charge in [-0.15, -0.1) is 56.7 Å². The average Bonchev–Trinajstić information content (AvgIpc) is 4.05. The van der Waals surface area contributed by atoms with Crippen LogP contribution in [0.25, 0.3) is 47.7 Å². The third-order valence-corrected chi connectivity index (χ3v) is 18.2. The molecule has 4 aliphatic carbocycles. The van der Waals surface area contributed by atoms with Crippen LogP contribution in [0.1, 0.15) is 93.4 Å². The lowest BCUT2D eigenvalue weighted by Crippen LogP contribution is -2.32. The van der Waals surface area contributed by atoms with E-state index in [1.165, 1.54) is 98.9 Å². The van der Waals surface area contributed by atoms with E-state index in [2.05, 4.69) is 18.2 Å². The molecule has 0 atom stereocenters. The summed E-state index contributed by atoms with van der Waals surface area (Å²) >= 11 is 7.98. The summed E-state index contributed by atoms with van der Waals surface area (Å²) < 4.78 is 10.2. The molecule has 8 nitrogen and oxygen atoms in total. The van der Waals surface area contributed by atoms with Crippen molar-refractivity contribution in [3.05, 3.63) is 77.7 Å². The summed E-state index contributed by atoms with van der Waals surface area (Å²) in [6.07, 6.45) is 17.8. The second-order valence-electron chi connectivity index (χ2n) is 14.7. The number of nitrogens with zero attached hydrogens (tertiary/aromatic N) is 6. The van der Waals surface area contributed by atoms with Crippen LogP contribution in [0.3, 0.4) is 0 Å². The van der Waals surface area contributed by atoms with Crippen LogP contribution in [0, 0.1) is 50.7 Å². The van der Waals surface area contributed by atoms with E-state index in [4.69, 9.17) is 0 Å². The Morgan fingerprint density at radius 3 is 1.78 bits per heavy atom. The molecule has 5 aromatic heterocycles. The molecule has 9 rings (SSSR count). The van der Waals surface area contributed by atoms with Gasteiger partial charge in [-0.1, -0.05) is 44.6 Å². The van der Waals surface area contributed by atoms with Gasteiger partial charge in [-0.2, -0.15) is 21.0 Å². The van der Waals surface area contributed by atoms with Crippen molar-refractivity contribution in [2.45, 2.75) is 96.6 Å². The van der Waals surface area contributed by atoms with E-state index in [9.17, 15) is 30.6 Å². The van der Waals surface area contributed by atoms with Gasteiger partial charge in [0.2, 0.25) is 0 Å². The van der Waals surface area contributed by atoms with Gasteiger partial charge in [0.1, 0.15) is 33.6 Å². The zero-order valence-electron chi connectivity index (χ0n) is 30.3. The van der Waals surface area contributed by atoms with Gasteiger partial charge in [-0.05, 0) is 80.0 Å². The van der Waals surface area contributed by atoms with Gasteiger partial charge in [-0.25, -0.2) is 0 Å². The summed E-state index contributed by atoms with van der Waals surface area (Å²) in [6, 6.07) is 10.1. The predicted octanol–water partition coefficient (Wildman–Crippen LogP) is 7.23. The van der Waals surface area contributed by atoms with Gasteiger partial charge in [-0.3, -0.25) is 18.7 Å². The van der Waals surface area contributed by atoms with Gasteiger partial charge in [0.15, 0.2) is 11.1 Å². The van der Waals surface area contributed by atoms with Crippen LogP contribution in [-0.4, -0.2) is 9.13 Å². The number of hydrogen-bond acceptors (Lipinski definition) is 11. The highest BCUT2D eigenvalue weighted by atomic mass is 32.1. The molecule has 55 heavy (non-hydrogen) atoms. The minimum Gasteiger partial charge on any atom is -0.298 e. The summed E-state index contributed by atoms with van der Waals surface area (Å²) in [5, 5.41) is 38.4. The number of hydrogen-bond donors (Lipinski definition) is 0. The first kappa shape index (κ1) is 36.1. The first-order valence-electron chi connectivity index (χ1n) is 18.8. The third kappa shape index (κ3) is 5.11. The van der Waals surface area contributed by atoms with E-state index in [0.29, 0.717) is 31.5 Å². The minimum atomic E-state index is -0.187. The van der Waals surface area contributed by atoms with Crippen LogP contribution in [0.4, 0.5) is 0 Å². The molecule has 0 unspecified atom stereocenters. The Bertz CT molecular complexity index is 3090. The zero-order valence-corrected chi connectivity index (χ0v) is 34.4. The van der Waals surface area contributed by atoms with Crippen LogP contribution in [0.15, 0.2) is 32.9 Å². The van der Waals surface area contributed by atoms with Gasteiger partial charge >= 0.3 is 0 Å². The fourth-order valence-corrected chi connectivity index (χ4v) is 16.6. The maximum absolute atomic E-state index is 13.8. The molecule has 2 fully saturated rings. The number of rotatable bonds is 4. The van der Waals surface area contributed by atoms with Crippen LogP contribution in [-0.2, 0) is 18.5 Å². The Kier molecular flexibility index (Phi) is 8.89. The quantitative estimate of drug-likeness (QED) is 0.188. The molecule has 0 amide bonds. The normalized spacial score (nSPS) is 18.8. The highest BCUT2D eigenvalue weighted by molar-refractivity contribution is 7.39. The molecule has 5 heterocycles. The number of allylic oxidation sites excluding steroid dienone is 4. The Labute approximate surface area is 336 Å². The molecule has 0 bridgehead atoms. The molecule has 0 radical (unpaired) electrons. The third-order valence-electron chi connectivity index (χ3n) is 12.1. The lowest BCUT2D eigenvalue weighted by Gasteiger charge is -2.38. The maximum Gasteiger partial charge on any atom is 0.269 e. The monoisotopic (exact) mass is 814 g/mol. The topological polar surface area (TPSA) is 139 Å². The highest BCUT2D eigenvalue weighted by Gasteiger charge is 2.56. The Hall–Kier alpha value is -4.60. The summed E-state index contributed by atoms with van der Waals surface area (Å²) in [4.78, 5) is 29.6. The van der Waals surface area contributed by atoms with E-state index in [0.717, 1.165) is 43.4 Å². The number of nitriles is 4. The van der Waals surface area contributed by atoms with Crippen molar-refractivity contribution in [2.24, 2.45) is 5.41 Å². The van der Waals surface area contributed by atoms with E-state index < -0.39 is 0 Å². The van der Waals surface area contributed by atoms with Crippen molar-refractivity contribution in [1.82, 2.24) is 9.13 Å². The van der Waals surface area contributed by atoms with Gasteiger partial charge in [0.05, 0.1) is 23.2 Å². The Balaban J connectivity index is 1.23. The second-order valence-corrected chi connectivity index (χ2v) is 19.9. The summed E-state index contributed by atoms with van der Waals surface area (Å²) in [5.74, 6) is 0. The molecule has 5 aromatic rings. The SMILES string of the molecule is CCn1c(=C(C#N)C#N)s/c(=C\C2=CC3=C(c4sc5c(sc6cc(/C=c7\sc(=C(C#N)C#N)n(CC)c7=O)sc65)c4C34CCCCC4)C23CCCCC3)c1=O. The van der Waals surface area contributed by atoms with Crippen molar-refractivity contribution in [2.75, 3.05) is 0 Å². The Morgan fingerprint density at radius 2 is 1.24 bits per heavy atom. The number of thiophene rings is 3. The highest BCUT2D eigenvalue weighted by Crippen LogP contribution is 2.70. The van der Waals surface area contributed by atoms with Gasteiger partial charge in [0.25, 0.3) is 11.1 Å². The molecule has 0 N–H and O–H groups in total. The van der Waals surface area contributed by atoms with Crippen LogP contribution in [0.2, 0.25) is 0 Å². The number of aromatic nitrogens is 2. The molecular formula is C42H34N6O2S5. The molecule has 2 saturated carbocycles. The van der Waals surface area contributed by atoms with Crippen molar-refractivity contribution in [3.63, 3.8) is 0 Å². The standard InChI is InChI=1S/C42H34N6O2S5/c1-3-47-37(49)29(53-39(47)23(19-43)20-44)16-25-15-27-31(41(25)11-7-5-8-12-41)34-32(42(27)13-9-6-10-14-42)35-36(55-34)33-28(52-35)17-26(51-33)18-30-38(50)48(4-2)40(54-30)24(21-45)22-46/h15-18H,3-14H2,1-2H3/b29-16-,30-18-. The summed E-state index contributed by atoms with van der Waals surface area (Å²) in [5.41, 5.74) is 5.06. The second kappa shape index (κ2) is 13.6. The van der Waals surface area contributed by atoms with Crippen molar-refractivity contribution in [1.29, 1.82) is 21.0 Å². The summed E-state index contributed by atoms with van der Waals surface area (Å²) in [6.45, 7) is 4.51. The zero-order chi connectivity index (χ0) is 38.2. The van der Waals surface area contributed by atoms with Gasteiger partial charge < -0.3 is 0 Å². The number of fused-ring (bicyclic) bond motifs is 9. The average molecular weight is 815 g/mol. The van der Waals surface area contributed by atoms with E-state index in [1.807, 2.05) is 66.9 Å². The molecule has 0 aliphatic heterocycles. The lowest BCUT2D eigenvalue weighted by molar-refractivity contribution is 0.332. The maximum atomic E-state index is 13.8. The van der Waals surface area contributed by atoms with Crippen LogP contribution in [0.5, 0.6) is 0 Å². The lowest BCUT2D eigenvalue weighted by atomic mass is 9.66. The smallest absolute Gasteiger partial charge is 0.269 e. The molecule has 2 spiro atoms. The molecule has 13 heteroatoms. The number of thiazole rings is 2. The van der Waals surface area contributed by atoms with Crippen molar-refractivity contribution >= 4 is 104 Å². The van der Waals surface area contributed by atoms with E-state index in [1.54, 1.807) is 15.9 Å². The molecule has 274 valence electrons. The molecule has 0 aromatic carbocycles. The van der Waals surface area contributed by atoms with Crippen molar-refractivity contribution in [3.8, 4) is 24.3 Å². The van der Waals surface area contributed by atoms with Crippen molar-refractivity contribution < 1.29 is 0 Å². The van der Waals surface area contributed by atoms with E-state index >= 15 is 0 Å². The molecular weight excluding hydrogens is 781 g/mol. The first-order valence-corrected chi connectivity index (χ1v) is 22.8. The fourth-order valence-electron chi connectivity index (χ4n) is 9.75. The molecule has 0 saturated heterocycles. The predicted molar refractivity (Wildman–Crippen MR) is 225 cm³/mol. The largest absolute Gasteiger partial charge is 0.298 e. The molecule has 4 aliphatic rings. The Morgan fingerprint density at radius 1 is 0.691 bits per heavy atom. The minimum absolute atomic E-state index is 0.0223. The summed E-state index contributed by atoms with van der Waals surface area (Å²) in [7, 11) is 0. The van der Waals surface area contributed by atoms with Gasteiger partial charge in [0, 0.05) is 38.4 Å². The van der Waals surface area contributed by atoms with Crippen LogP contribution < -0.4 is 29.5 Å². The first-order chi connectivity index (χ1) is 26.8. The van der Waals surface area contributed by atoms with E-state index in [-0.39, 0.29) is 33.1 Å². The fraction of sp³-hybridized carbons (Fsp3) is 0.381. The van der Waals surface area contributed by atoms with Crippen LogP contribution >= 0.6 is 56.7 Å².